The summed E-state index contributed by atoms with van der Waals surface area (Å²) >= 11 is 0. The fraction of sp³-hybridized carbons (Fsp3) is 0.0870. The number of hydrogen-bond donors (Lipinski definition) is 1. The van der Waals surface area contributed by atoms with E-state index in [-0.39, 0.29) is 18.1 Å². The third-order valence-electron chi connectivity index (χ3n) is 4.03. The van der Waals surface area contributed by atoms with Crippen molar-refractivity contribution >= 4 is 23.6 Å². The molecule has 6 nitrogen and oxygen atoms in total. The van der Waals surface area contributed by atoms with E-state index in [1.54, 1.807) is 55.8 Å². The first kappa shape index (κ1) is 19.8. The largest absolute Gasteiger partial charge is 0.497 e. The minimum atomic E-state index is -0.536. The number of carbonyl (C=O) groups excluding carboxylic acids is 2. The van der Waals surface area contributed by atoms with E-state index < -0.39 is 5.97 Å². The maximum atomic E-state index is 12.4. The van der Waals surface area contributed by atoms with Crippen LogP contribution in [-0.2, 0) is 16.1 Å². The molecule has 0 saturated carbocycles. The lowest BCUT2D eigenvalue weighted by molar-refractivity contribution is -0.111. The molecule has 1 heterocycles. The van der Waals surface area contributed by atoms with Gasteiger partial charge in [-0.15, -0.1) is 0 Å². The Labute approximate surface area is 168 Å². The average molecular weight is 388 g/mol. The molecule has 0 aliphatic rings. The second kappa shape index (κ2) is 9.85. The molecule has 3 aromatic rings. The van der Waals surface area contributed by atoms with E-state index in [9.17, 15) is 9.59 Å². The molecular formula is C23H20N2O4. The third-order valence-corrected chi connectivity index (χ3v) is 4.03. The zero-order valence-corrected chi connectivity index (χ0v) is 15.9. The van der Waals surface area contributed by atoms with Gasteiger partial charge in [0.25, 0.3) is 0 Å². The van der Waals surface area contributed by atoms with Crippen LogP contribution in [0.4, 0.5) is 5.69 Å². The number of nitrogens with zero attached hydrogens (tertiary/aromatic N) is 1. The molecule has 0 radical (unpaired) electrons. The van der Waals surface area contributed by atoms with Crippen LogP contribution in [0.2, 0.25) is 0 Å². The second-order valence-electron chi connectivity index (χ2n) is 6.04. The van der Waals surface area contributed by atoms with Crippen molar-refractivity contribution in [1.82, 2.24) is 4.98 Å². The summed E-state index contributed by atoms with van der Waals surface area (Å²) in [6, 6.07) is 19.4. The summed E-state index contributed by atoms with van der Waals surface area (Å²) < 4.78 is 10.4. The molecule has 0 saturated heterocycles. The third kappa shape index (κ3) is 5.77. The number of hydrogen-bond acceptors (Lipinski definition) is 5. The van der Waals surface area contributed by atoms with Crippen LogP contribution >= 0.6 is 0 Å². The summed E-state index contributed by atoms with van der Waals surface area (Å²) in [5.41, 5.74) is 2.14. The van der Waals surface area contributed by atoms with E-state index in [4.69, 9.17) is 9.47 Å². The van der Waals surface area contributed by atoms with Gasteiger partial charge in [-0.25, -0.2) is 4.79 Å². The van der Waals surface area contributed by atoms with Gasteiger partial charge in [0.2, 0.25) is 5.91 Å². The van der Waals surface area contributed by atoms with Crippen molar-refractivity contribution in [2.75, 3.05) is 12.4 Å². The normalized spacial score (nSPS) is 10.5. The molecule has 0 atom stereocenters. The van der Waals surface area contributed by atoms with Gasteiger partial charge < -0.3 is 14.8 Å². The lowest BCUT2D eigenvalue weighted by Crippen LogP contribution is -2.14. The number of carbonyl (C=O) groups is 2. The summed E-state index contributed by atoms with van der Waals surface area (Å²) in [5, 5.41) is 2.72. The quantitative estimate of drug-likeness (QED) is 0.487. The number of amides is 1. The molecule has 29 heavy (non-hydrogen) atoms. The first-order valence-corrected chi connectivity index (χ1v) is 8.95. The molecule has 0 aliphatic heterocycles. The molecule has 0 unspecified atom stereocenters. The maximum absolute atomic E-state index is 12.4. The summed E-state index contributed by atoms with van der Waals surface area (Å²) in [5.74, 6) is -0.152. The first-order valence-electron chi connectivity index (χ1n) is 8.95. The second-order valence-corrected chi connectivity index (χ2v) is 6.04. The molecule has 6 heteroatoms. The van der Waals surface area contributed by atoms with E-state index >= 15 is 0 Å². The van der Waals surface area contributed by atoms with Crippen molar-refractivity contribution in [3.8, 4) is 5.75 Å². The van der Waals surface area contributed by atoms with Gasteiger partial charge in [-0.3, -0.25) is 9.78 Å². The van der Waals surface area contributed by atoms with Gasteiger partial charge in [-0.2, -0.15) is 0 Å². The van der Waals surface area contributed by atoms with E-state index in [2.05, 4.69) is 10.3 Å². The van der Waals surface area contributed by atoms with Crippen LogP contribution in [0.5, 0.6) is 5.75 Å². The highest BCUT2D eigenvalue weighted by Crippen LogP contribution is 2.17. The SMILES string of the molecule is COc1ccc(/C=C/C(=O)Nc2ccccc2C(=O)OCc2ccccn2)cc1. The highest BCUT2D eigenvalue weighted by molar-refractivity contribution is 6.06. The Morgan fingerprint density at radius 3 is 2.48 bits per heavy atom. The summed E-state index contributed by atoms with van der Waals surface area (Å²) in [4.78, 5) is 28.8. The molecule has 0 bridgehead atoms. The average Bonchev–Trinajstić information content (AvgIpc) is 2.77. The smallest absolute Gasteiger partial charge is 0.340 e. The van der Waals surface area contributed by atoms with E-state index in [0.717, 1.165) is 11.3 Å². The van der Waals surface area contributed by atoms with Gasteiger partial charge in [-0.1, -0.05) is 30.3 Å². The van der Waals surface area contributed by atoms with Gasteiger partial charge >= 0.3 is 5.97 Å². The van der Waals surface area contributed by atoms with Crippen LogP contribution in [0.25, 0.3) is 6.08 Å². The van der Waals surface area contributed by atoms with Crippen LogP contribution in [0.3, 0.4) is 0 Å². The zero-order valence-electron chi connectivity index (χ0n) is 15.9. The lowest BCUT2D eigenvalue weighted by atomic mass is 10.1. The molecular weight excluding hydrogens is 368 g/mol. The predicted molar refractivity (Wildman–Crippen MR) is 110 cm³/mol. The molecule has 0 fully saturated rings. The number of nitrogens with one attached hydrogen (secondary N) is 1. The standard InChI is InChI=1S/C23H20N2O4/c1-28-19-12-9-17(10-13-19)11-14-22(26)25-21-8-3-2-7-20(21)23(27)29-16-18-6-4-5-15-24-18/h2-15H,16H2,1H3,(H,25,26)/b14-11+. The Balaban J connectivity index is 1.63. The Hall–Kier alpha value is -3.93. The number of ether oxygens (including phenoxy) is 2. The number of rotatable bonds is 7. The van der Waals surface area contributed by atoms with Gasteiger partial charge in [0.05, 0.1) is 24.1 Å². The van der Waals surface area contributed by atoms with E-state index in [1.165, 1.54) is 6.08 Å². The van der Waals surface area contributed by atoms with Gasteiger partial charge in [0.1, 0.15) is 12.4 Å². The van der Waals surface area contributed by atoms with Crippen LogP contribution in [0.15, 0.2) is 79.0 Å². The molecule has 3 rings (SSSR count). The van der Waals surface area contributed by atoms with Crippen LogP contribution < -0.4 is 10.1 Å². The lowest BCUT2D eigenvalue weighted by Gasteiger charge is -2.09. The molecule has 1 N–H and O–H groups in total. The number of pyridine rings is 1. The summed E-state index contributed by atoms with van der Waals surface area (Å²) in [7, 11) is 1.59. The van der Waals surface area contributed by atoms with E-state index in [1.807, 2.05) is 30.3 Å². The monoisotopic (exact) mass is 388 g/mol. The minimum Gasteiger partial charge on any atom is -0.497 e. The topological polar surface area (TPSA) is 77.5 Å². The van der Waals surface area contributed by atoms with Gasteiger partial charge in [0, 0.05) is 12.3 Å². The highest BCUT2D eigenvalue weighted by Gasteiger charge is 2.14. The Morgan fingerprint density at radius 2 is 1.76 bits per heavy atom. The van der Waals surface area contributed by atoms with Crippen molar-refractivity contribution in [2.24, 2.45) is 0 Å². The molecule has 0 spiro atoms. The van der Waals surface area contributed by atoms with Crippen molar-refractivity contribution in [2.45, 2.75) is 6.61 Å². The van der Waals surface area contributed by atoms with Crippen molar-refractivity contribution < 1.29 is 19.1 Å². The summed E-state index contributed by atoms with van der Waals surface area (Å²) in [6.45, 7) is 0.0549. The molecule has 1 aromatic heterocycles. The van der Waals surface area contributed by atoms with Gasteiger partial charge in [-0.05, 0) is 48.0 Å². The summed E-state index contributed by atoms with van der Waals surface area (Å²) in [6.07, 6.45) is 4.71. The Kier molecular flexibility index (Phi) is 6.73. The zero-order chi connectivity index (χ0) is 20.5. The highest BCUT2D eigenvalue weighted by atomic mass is 16.5. The first-order chi connectivity index (χ1) is 14.2. The number of methoxy groups -OCH3 is 1. The molecule has 2 aromatic carbocycles. The van der Waals surface area contributed by atoms with Crippen molar-refractivity contribution in [3.63, 3.8) is 0 Å². The minimum absolute atomic E-state index is 0.0549. The number of para-hydroxylation sites is 1. The van der Waals surface area contributed by atoms with Crippen molar-refractivity contribution in [3.05, 3.63) is 95.8 Å². The fourth-order valence-corrected chi connectivity index (χ4v) is 2.53. The number of anilines is 1. The van der Waals surface area contributed by atoms with Crippen LogP contribution in [0.1, 0.15) is 21.6 Å². The van der Waals surface area contributed by atoms with Crippen LogP contribution in [-0.4, -0.2) is 24.0 Å². The molecule has 146 valence electrons. The van der Waals surface area contributed by atoms with Gasteiger partial charge in [0.15, 0.2) is 0 Å². The van der Waals surface area contributed by atoms with Crippen LogP contribution in [0, 0.1) is 0 Å². The fourth-order valence-electron chi connectivity index (χ4n) is 2.53. The Bertz CT molecular complexity index is 999. The number of aromatic nitrogens is 1. The Morgan fingerprint density at radius 1 is 1.00 bits per heavy atom. The number of esters is 1. The van der Waals surface area contributed by atoms with Crippen molar-refractivity contribution in [1.29, 1.82) is 0 Å². The maximum Gasteiger partial charge on any atom is 0.340 e. The predicted octanol–water partition coefficient (Wildman–Crippen LogP) is 4.10. The molecule has 1 amide bonds. The van der Waals surface area contributed by atoms with E-state index in [0.29, 0.717) is 11.4 Å². The number of benzene rings is 2. The molecule has 0 aliphatic carbocycles.